The number of hydrogen-bond donors (Lipinski definition) is 2. The van der Waals surface area contributed by atoms with Gasteiger partial charge in [-0.05, 0) is 24.5 Å². The minimum absolute atomic E-state index is 0.224. The second kappa shape index (κ2) is 8.99. The van der Waals surface area contributed by atoms with E-state index in [4.69, 9.17) is 5.11 Å². The van der Waals surface area contributed by atoms with Crippen LogP contribution >= 0.6 is 0 Å². The summed E-state index contributed by atoms with van der Waals surface area (Å²) in [7, 11) is 0. The van der Waals surface area contributed by atoms with Crippen molar-refractivity contribution in [2.75, 3.05) is 0 Å². The molecule has 2 aromatic rings. The molecule has 0 aliphatic rings. The zero-order valence-electron chi connectivity index (χ0n) is 15.2. The first kappa shape index (κ1) is 19.4. The molecule has 0 bridgehead atoms. The van der Waals surface area contributed by atoms with Crippen molar-refractivity contribution in [2.45, 2.75) is 38.1 Å². The van der Waals surface area contributed by atoms with Crippen molar-refractivity contribution in [3.8, 4) is 0 Å². The Labute approximate surface area is 154 Å². The molecule has 0 aliphatic carbocycles. The predicted molar refractivity (Wildman–Crippen MR) is 103 cm³/mol. The summed E-state index contributed by atoms with van der Waals surface area (Å²) in [5.41, 5.74) is 1.86. The average Bonchev–Trinajstić information content (AvgIpc) is 2.65. The highest BCUT2D eigenvalue weighted by atomic mass is 16.4. The maximum atomic E-state index is 12.2. The predicted octanol–water partition coefficient (Wildman–Crippen LogP) is 3.92. The standard InChI is InChI=1S/C22H25NO3/c1-3-16-22(18-10-6-4-7-11-18,19-12-8-5-9-13-19)17(2)23-20(24)14-15-21(25)26/h4-15,17H,3,16H2,1-2H3,(H,23,24)(H,25,26)/b15-14-. The van der Waals surface area contributed by atoms with Crippen LogP contribution in [0.5, 0.6) is 0 Å². The van der Waals surface area contributed by atoms with E-state index in [-0.39, 0.29) is 6.04 Å². The summed E-state index contributed by atoms with van der Waals surface area (Å²) >= 11 is 0. The van der Waals surface area contributed by atoms with Crippen molar-refractivity contribution < 1.29 is 14.7 Å². The largest absolute Gasteiger partial charge is 0.478 e. The van der Waals surface area contributed by atoms with E-state index in [0.29, 0.717) is 0 Å². The Morgan fingerprint density at radius 2 is 1.50 bits per heavy atom. The normalized spacial score (nSPS) is 12.7. The minimum atomic E-state index is -1.14. The lowest BCUT2D eigenvalue weighted by molar-refractivity contribution is -0.131. The number of carboxylic acids is 1. The molecule has 0 radical (unpaired) electrons. The third-order valence-electron chi connectivity index (χ3n) is 4.70. The van der Waals surface area contributed by atoms with Crippen LogP contribution in [0.2, 0.25) is 0 Å². The maximum Gasteiger partial charge on any atom is 0.328 e. The van der Waals surface area contributed by atoms with Crippen LogP contribution in [-0.4, -0.2) is 23.0 Å². The molecule has 0 saturated carbocycles. The Bertz CT molecular complexity index is 714. The Kier molecular flexibility index (Phi) is 6.73. The van der Waals surface area contributed by atoms with Gasteiger partial charge < -0.3 is 10.4 Å². The molecule has 0 aliphatic heterocycles. The molecule has 0 aromatic heterocycles. The molecule has 2 N–H and O–H groups in total. The fraction of sp³-hybridized carbons (Fsp3) is 0.273. The van der Waals surface area contributed by atoms with Gasteiger partial charge in [-0.15, -0.1) is 0 Å². The van der Waals surface area contributed by atoms with E-state index >= 15 is 0 Å². The van der Waals surface area contributed by atoms with E-state index in [1.54, 1.807) is 0 Å². The third-order valence-corrected chi connectivity index (χ3v) is 4.70. The lowest BCUT2D eigenvalue weighted by Gasteiger charge is -2.41. The molecule has 1 unspecified atom stereocenters. The average molecular weight is 351 g/mol. The van der Waals surface area contributed by atoms with Gasteiger partial charge in [0, 0.05) is 23.6 Å². The quantitative estimate of drug-likeness (QED) is 0.709. The van der Waals surface area contributed by atoms with E-state index < -0.39 is 17.3 Å². The smallest absolute Gasteiger partial charge is 0.328 e. The molecule has 4 nitrogen and oxygen atoms in total. The minimum Gasteiger partial charge on any atom is -0.478 e. The highest BCUT2D eigenvalue weighted by Crippen LogP contribution is 2.40. The topological polar surface area (TPSA) is 66.4 Å². The van der Waals surface area contributed by atoms with Gasteiger partial charge in [0.25, 0.3) is 0 Å². The van der Waals surface area contributed by atoms with Gasteiger partial charge >= 0.3 is 5.97 Å². The number of nitrogens with one attached hydrogen (secondary N) is 1. The monoisotopic (exact) mass is 351 g/mol. The first-order valence-electron chi connectivity index (χ1n) is 8.83. The molecule has 0 fully saturated rings. The Hall–Kier alpha value is -2.88. The second-order valence-corrected chi connectivity index (χ2v) is 6.36. The van der Waals surface area contributed by atoms with Gasteiger partial charge in [0.2, 0.25) is 5.91 Å². The highest BCUT2D eigenvalue weighted by Gasteiger charge is 2.39. The van der Waals surface area contributed by atoms with E-state index in [2.05, 4.69) is 36.5 Å². The summed E-state index contributed by atoms with van der Waals surface area (Å²) in [4.78, 5) is 22.9. The number of carbonyl (C=O) groups excluding carboxylic acids is 1. The molecule has 1 atom stereocenters. The van der Waals surface area contributed by atoms with E-state index in [9.17, 15) is 9.59 Å². The zero-order valence-corrected chi connectivity index (χ0v) is 15.2. The third kappa shape index (κ3) is 4.39. The van der Waals surface area contributed by atoms with Crippen LogP contribution in [0, 0.1) is 0 Å². The fourth-order valence-electron chi connectivity index (χ4n) is 3.57. The lowest BCUT2D eigenvalue weighted by atomic mass is 9.67. The molecule has 2 aromatic carbocycles. The fourth-order valence-corrected chi connectivity index (χ4v) is 3.57. The van der Waals surface area contributed by atoms with Crippen LogP contribution in [0.25, 0.3) is 0 Å². The molecule has 0 saturated heterocycles. The highest BCUT2D eigenvalue weighted by molar-refractivity contribution is 5.94. The Morgan fingerprint density at radius 3 is 1.92 bits per heavy atom. The number of rotatable bonds is 8. The van der Waals surface area contributed by atoms with E-state index in [1.165, 1.54) is 0 Å². The summed E-state index contributed by atoms with van der Waals surface area (Å²) in [5, 5.41) is 11.7. The van der Waals surface area contributed by atoms with Gasteiger partial charge in [-0.2, -0.15) is 0 Å². The molecule has 1 amide bonds. The van der Waals surface area contributed by atoms with Gasteiger partial charge in [0.05, 0.1) is 0 Å². The van der Waals surface area contributed by atoms with Crippen LogP contribution in [0.3, 0.4) is 0 Å². The molecule has 4 heteroatoms. The molecule has 0 spiro atoms. The zero-order chi connectivity index (χ0) is 19.0. The second-order valence-electron chi connectivity index (χ2n) is 6.36. The molecular weight excluding hydrogens is 326 g/mol. The maximum absolute atomic E-state index is 12.2. The van der Waals surface area contributed by atoms with Crippen LogP contribution in [0.15, 0.2) is 72.8 Å². The van der Waals surface area contributed by atoms with Gasteiger partial charge in [0.1, 0.15) is 0 Å². The van der Waals surface area contributed by atoms with Crippen molar-refractivity contribution in [1.29, 1.82) is 0 Å². The molecule has 2 rings (SSSR count). The van der Waals surface area contributed by atoms with Crippen LogP contribution in [0.1, 0.15) is 37.8 Å². The van der Waals surface area contributed by atoms with Gasteiger partial charge in [0.15, 0.2) is 0 Å². The lowest BCUT2D eigenvalue weighted by Crippen LogP contribution is -2.49. The number of carbonyl (C=O) groups is 2. The van der Waals surface area contributed by atoms with Crippen molar-refractivity contribution in [2.24, 2.45) is 0 Å². The van der Waals surface area contributed by atoms with Gasteiger partial charge in [-0.25, -0.2) is 4.79 Å². The Morgan fingerprint density at radius 1 is 1.00 bits per heavy atom. The van der Waals surface area contributed by atoms with Crippen LogP contribution in [0.4, 0.5) is 0 Å². The number of carboxylic acid groups (broad SMARTS) is 1. The van der Waals surface area contributed by atoms with Crippen molar-refractivity contribution in [3.63, 3.8) is 0 Å². The van der Waals surface area contributed by atoms with E-state index in [1.807, 2.05) is 43.3 Å². The number of hydrogen-bond acceptors (Lipinski definition) is 2. The van der Waals surface area contributed by atoms with Gasteiger partial charge in [-0.3, -0.25) is 4.79 Å². The number of benzene rings is 2. The summed E-state index contributed by atoms with van der Waals surface area (Å²) < 4.78 is 0. The van der Waals surface area contributed by atoms with Crippen LogP contribution in [-0.2, 0) is 15.0 Å². The summed E-state index contributed by atoms with van der Waals surface area (Å²) in [5.74, 6) is -1.55. The molecule has 26 heavy (non-hydrogen) atoms. The van der Waals surface area contributed by atoms with Crippen molar-refractivity contribution >= 4 is 11.9 Å². The SMILES string of the molecule is CCCC(c1ccccc1)(c1ccccc1)C(C)NC(=O)/C=C\C(=O)O. The van der Waals surface area contributed by atoms with Crippen LogP contribution < -0.4 is 5.32 Å². The summed E-state index contributed by atoms with van der Waals surface area (Å²) in [6.45, 7) is 4.10. The number of aliphatic carboxylic acids is 1. The summed E-state index contributed by atoms with van der Waals surface area (Å²) in [6.07, 6.45) is 3.71. The summed E-state index contributed by atoms with van der Waals surface area (Å²) in [6, 6.07) is 20.1. The molecule has 0 heterocycles. The van der Waals surface area contributed by atoms with E-state index in [0.717, 1.165) is 36.1 Å². The first-order valence-corrected chi connectivity index (χ1v) is 8.83. The molecule has 136 valence electrons. The van der Waals surface area contributed by atoms with Crippen molar-refractivity contribution in [3.05, 3.63) is 83.9 Å². The van der Waals surface area contributed by atoms with Crippen molar-refractivity contribution in [1.82, 2.24) is 5.32 Å². The van der Waals surface area contributed by atoms with Gasteiger partial charge in [-0.1, -0.05) is 74.0 Å². The Balaban J connectivity index is 2.49. The first-order chi connectivity index (χ1) is 12.5. The molecular formula is C22H25NO3. The number of amides is 1.